The normalized spacial score (nSPS) is 12.5. The van der Waals surface area contributed by atoms with Gasteiger partial charge < -0.3 is 4.74 Å². The van der Waals surface area contributed by atoms with E-state index in [1.54, 1.807) is 33.0 Å². The minimum atomic E-state index is -4.76. The van der Waals surface area contributed by atoms with Crippen molar-refractivity contribution >= 4 is 17.6 Å². The summed E-state index contributed by atoms with van der Waals surface area (Å²) in [5.74, 6) is -2.49. The molecule has 1 atom stereocenters. The van der Waals surface area contributed by atoms with Crippen molar-refractivity contribution in [3.05, 3.63) is 101 Å². The molecule has 3 aromatic heterocycles. The lowest BCUT2D eigenvalue weighted by atomic mass is 10.0. The summed E-state index contributed by atoms with van der Waals surface area (Å²) in [5, 5.41) is 20.2. The second kappa shape index (κ2) is 12.3. The number of hydrogen-bond acceptors (Lipinski definition) is 7. The van der Waals surface area contributed by atoms with Gasteiger partial charge in [-0.1, -0.05) is 28.9 Å². The monoisotopic (exact) mass is 655 g/mol. The van der Waals surface area contributed by atoms with E-state index in [1.165, 1.54) is 53.5 Å². The summed E-state index contributed by atoms with van der Waals surface area (Å²) in [7, 11) is 0. The highest BCUT2D eigenvalue weighted by molar-refractivity contribution is 6.31. The van der Waals surface area contributed by atoms with Gasteiger partial charge in [0.2, 0.25) is 0 Å². The van der Waals surface area contributed by atoms with Crippen LogP contribution in [0.5, 0.6) is 0 Å². The van der Waals surface area contributed by atoms with Crippen LogP contribution in [0.1, 0.15) is 55.0 Å². The molecule has 0 aliphatic heterocycles. The van der Waals surface area contributed by atoms with Gasteiger partial charge >= 0.3 is 12.1 Å². The quantitative estimate of drug-likeness (QED) is 0.131. The topological polar surface area (TPSA) is 112 Å². The van der Waals surface area contributed by atoms with Gasteiger partial charge in [0.05, 0.1) is 46.9 Å². The van der Waals surface area contributed by atoms with Crippen LogP contribution in [0.15, 0.2) is 67.3 Å². The third-order valence-electron chi connectivity index (χ3n) is 6.65. The Morgan fingerprint density at radius 3 is 2.37 bits per heavy atom. The summed E-state index contributed by atoms with van der Waals surface area (Å²) in [6, 6.07) is 10.9. The van der Waals surface area contributed by atoms with E-state index >= 15 is 4.39 Å². The van der Waals surface area contributed by atoms with Gasteiger partial charge in [-0.05, 0) is 56.7 Å². The fourth-order valence-electron chi connectivity index (χ4n) is 4.54. The fourth-order valence-corrected chi connectivity index (χ4v) is 4.70. The van der Waals surface area contributed by atoms with Gasteiger partial charge in [0, 0.05) is 29.1 Å². The summed E-state index contributed by atoms with van der Waals surface area (Å²) in [4.78, 5) is 16.7. The molecule has 2 aromatic carbocycles. The maximum Gasteiger partial charge on any atom is 0.436 e. The number of carbonyl (C=O) groups is 1. The van der Waals surface area contributed by atoms with E-state index < -0.39 is 41.1 Å². The molecule has 0 amide bonds. The molecule has 0 spiro atoms. The number of carbonyl (C=O) groups excluding carboxylic acids is 1. The van der Waals surface area contributed by atoms with Crippen molar-refractivity contribution in [3.8, 4) is 34.0 Å². The minimum Gasteiger partial charge on any atom is -0.456 e. The molecule has 9 nitrogen and oxygen atoms in total. The van der Waals surface area contributed by atoms with Crippen LogP contribution in [-0.2, 0) is 10.9 Å². The summed E-state index contributed by atoms with van der Waals surface area (Å²) in [6.45, 7) is 5.02. The number of pyridine rings is 1. The van der Waals surface area contributed by atoms with Gasteiger partial charge in [-0.15, -0.1) is 5.10 Å². The average Bonchev–Trinajstić information content (AvgIpc) is 3.67. The molecule has 15 heteroatoms. The van der Waals surface area contributed by atoms with Gasteiger partial charge in [0.15, 0.2) is 11.5 Å². The summed E-state index contributed by atoms with van der Waals surface area (Å²) < 4.78 is 77.0. The van der Waals surface area contributed by atoms with Crippen molar-refractivity contribution in [1.29, 1.82) is 5.26 Å². The molecule has 0 aliphatic rings. The number of nitrogens with zero attached hydrogens (tertiary/aromatic N) is 7. The molecule has 5 aromatic rings. The Kier molecular flexibility index (Phi) is 8.64. The molecular formula is C31H23ClF5N7O2. The minimum absolute atomic E-state index is 0.0605. The van der Waals surface area contributed by atoms with Crippen molar-refractivity contribution in [2.45, 2.75) is 45.0 Å². The lowest BCUT2D eigenvalue weighted by Gasteiger charge is -2.19. The molecule has 0 saturated carbocycles. The van der Waals surface area contributed by atoms with Crippen molar-refractivity contribution in [2.75, 3.05) is 0 Å². The molecule has 236 valence electrons. The molecule has 5 rings (SSSR count). The van der Waals surface area contributed by atoms with E-state index in [1.807, 2.05) is 0 Å². The zero-order valence-electron chi connectivity index (χ0n) is 24.4. The fraction of sp³-hybridized carbons (Fsp3) is 0.226. The average molecular weight is 656 g/mol. The van der Waals surface area contributed by atoms with Crippen molar-refractivity contribution < 1.29 is 31.5 Å². The Bertz CT molecular complexity index is 1960. The smallest absolute Gasteiger partial charge is 0.436 e. The number of benzene rings is 2. The number of esters is 1. The predicted octanol–water partition coefficient (Wildman–Crippen LogP) is 7.60. The van der Waals surface area contributed by atoms with Crippen molar-refractivity contribution in [2.24, 2.45) is 0 Å². The second-order valence-corrected chi connectivity index (χ2v) is 11.5. The van der Waals surface area contributed by atoms with E-state index in [4.69, 9.17) is 16.3 Å². The number of aromatic nitrogens is 6. The van der Waals surface area contributed by atoms with E-state index in [0.29, 0.717) is 23.0 Å². The van der Waals surface area contributed by atoms with Crippen LogP contribution in [0.3, 0.4) is 0 Å². The van der Waals surface area contributed by atoms with Gasteiger partial charge in [0.25, 0.3) is 0 Å². The summed E-state index contributed by atoms with van der Waals surface area (Å²) in [5.41, 5.74) is -1.07. The number of rotatable bonds is 7. The number of alkyl halides is 3. The molecule has 1 unspecified atom stereocenters. The van der Waals surface area contributed by atoms with E-state index in [2.05, 4.69) is 26.5 Å². The van der Waals surface area contributed by atoms with E-state index in [-0.39, 0.29) is 33.8 Å². The third-order valence-corrected chi connectivity index (χ3v) is 6.94. The van der Waals surface area contributed by atoms with Crippen molar-refractivity contribution in [3.63, 3.8) is 0 Å². The molecular weight excluding hydrogens is 633 g/mol. The molecule has 0 saturated heterocycles. The highest BCUT2D eigenvalue weighted by Crippen LogP contribution is 2.35. The van der Waals surface area contributed by atoms with Crippen LogP contribution >= 0.6 is 11.6 Å². The number of nitriles is 1. The van der Waals surface area contributed by atoms with Gasteiger partial charge in [-0.3, -0.25) is 9.67 Å². The molecule has 0 N–H and O–H groups in total. The van der Waals surface area contributed by atoms with Crippen LogP contribution in [0.25, 0.3) is 27.9 Å². The first-order chi connectivity index (χ1) is 21.7. The van der Waals surface area contributed by atoms with Gasteiger partial charge in [-0.2, -0.15) is 23.5 Å². The largest absolute Gasteiger partial charge is 0.456 e. The van der Waals surface area contributed by atoms with Crippen LogP contribution in [0, 0.1) is 23.0 Å². The first kappa shape index (κ1) is 32.2. The number of ether oxygens (including phenoxy) is 1. The molecule has 0 bridgehead atoms. The highest BCUT2D eigenvalue weighted by atomic mass is 35.5. The zero-order chi connectivity index (χ0) is 33.4. The second-order valence-electron chi connectivity index (χ2n) is 11.1. The summed E-state index contributed by atoms with van der Waals surface area (Å²) >= 11 is 6.00. The van der Waals surface area contributed by atoms with Crippen LogP contribution in [0.2, 0.25) is 5.02 Å². The maximum atomic E-state index is 15.3. The van der Waals surface area contributed by atoms with Crippen LogP contribution < -0.4 is 0 Å². The van der Waals surface area contributed by atoms with Crippen molar-refractivity contribution in [1.82, 2.24) is 29.8 Å². The highest BCUT2D eigenvalue weighted by Gasteiger charge is 2.35. The Labute approximate surface area is 263 Å². The predicted molar refractivity (Wildman–Crippen MR) is 156 cm³/mol. The summed E-state index contributed by atoms with van der Waals surface area (Å²) in [6.07, 6.45) is 0.124. The molecule has 0 radical (unpaired) electrons. The zero-order valence-corrected chi connectivity index (χ0v) is 25.1. The molecule has 0 fully saturated rings. The molecule has 3 heterocycles. The van der Waals surface area contributed by atoms with E-state index in [0.717, 1.165) is 4.68 Å². The lowest BCUT2D eigenvalue weighted by molar-refractivity contribution is -0.141. The first-order valence-electron chi connectivity index (χ1n) is 13.5. The van der Waals surface area contributed by atoms with E-state index in [9.17, 15) is 27.6 Å². The first-order valence-corrected chi connectivity index (χ1v) is 13.9. The maximum absolute atomic E-state index is 15.3. The Balaban J connectivity index is 1.44. The Hall–Kier alpha value is -5.16. The SMILES string of the molecule is CC(C)(C)OC(=O)c1ccc(-c2cnn(C(CC#N)c3ccc(-c4c(-n5cc(C(F)(F)F)nn5)ccc(Cl)c4F)cn3)c2)cc1F. The Morgan fingerprint density at radius 1 is 1.02 bits per heavy atom. The van der Waals surface area contributed by atoms with Gasteiger partial charge in [0.1, 0.15) is 17.5 Å². The Morgan fingerprint density at radius 2 is 1.76 bits per heavy atom. The van der Waals surface area contributed by atoms with Crippen LogP contribution in [0.4, 0.5) is 22.0 Å². The third kappa shape index (κ3) is 6.74. The molecule has 0 aliphatic carbocycles. The number of halogens is 6. The van der Waals surface area contributed by atoms with Crippen LogP contribution in [-0.4, -0.2) is 41.3 Å². The molecule has 46 heavy (non-hydrogen) atoms. The van der Waals surface area contributed by atoms with Gasteiger partial charge in [-0.25, -0.2) is 18.3 Å². The lowest BCUT2D eigenvalue weighted by Crippen LogP contribution is -2.24. The number of hydrogen-bond donors (Lipinski definition) is 0. The standard InChI is InChI=1S/C31H23ClF5N7O2/c1-30(2,3)46-29(45)20-6-4-17(12-22(20)33)19-14-40-43(15-19)24(10-11-38)23-8-5-18(13-39-23)27-25(9-7-21(32)28(27)34)44-16-26(41-42-44)31(35,36)37/h4-9,12-16,24H,10H2,1-3H3.